The molecule has 0 radical (unpaired) electrons. The van der Waals surface area contributed by atoms with Gasteiger partial charge in [-0.3, -0.25) is 4.79 Å². The van der Waals surface area contributed by atoms with Crippen molar-refractivity contribution in [1.29, 1.82) is 0 Å². The Morgan fingerprint density at radius 3 is 2.95 bits per heavy atom. The average Bonchev–Trinajstić information content (AvgIpc) is 3.15. The van der Waals surface area contributed by atoms with Gasteiger partial charge in [0.25, 0.3) is 5.91 Å². The van der Waals surface area contributed by atoms with Gasteiger partial charge in [0.1, 0.15) is 5.69 Å². The molecule has 1 aliphatic heterocycles. The van der Waals surface area contributed by atoms with Crippen molar-refractivity contribution < 1.29 is 9.72 Å². The van der Waals surface area contributed by atoms with Crippen molar-refractivity contribution in [2.75, 3.05) is 0 Å². The number of amides is 1. The molecule has 0 spiro atoms. The van der Waals surface area contributed by atoms with E-state index in [1.807, 2.05) is 0 Å². The van der Waals surface area contributed by atoms with Gasteiger partial charge in [-0.15, -0.1) is 11.3 Å². The second-order valence-electron chi connectivity index (χ2n) is 4.23. The number of thiazole rings is 1. The van der Waals surface area contributed by atoms with Gasteiger partial charge in [-0.05, 0) is 22.8 Å². The normalized spacial score (nSPS) is 18.1. The number of nitro groups is 1. The van der Waals surface area contributed by atoms with Crippen molar-refractivity contribution in [3.05, 3.63) is 44.4 Å². The van der Waals surface area contributed by atoms with Crippen LogP contribution in [-0.4, -0.2) is 25.5 Å². The lowest BCUT2D eigenvalue weighted by molar-refractivity contribution is -0.391. The maximum atomic E-state index is 11.9. The van der Waals surface area contributed by atoms with Crippen LogP contribution in [0.1, 0.15) is 5.69 Å². The zero-order valence-electron chi connectivity index (χ0n) is 11.2. The summed E-state index contributed by atoms with van der Waals surface area (Å²) in [5.41, 5.74) is 0.569. The van der Waals surface area contributed by atoms with Crippen molar-refractivity contribution >= 4 is 51.2 Å². The molecule has 1 aliphatic rings. The van der Waals surface area contributed by atoms with Crippen molar-refractivity contribution in [2.24, 2.45) is 12.0 Å². The summed E-state index contributed by atoms with van der Waals surface area (Å²) in [6, 6.07) is 2.99. The number of hydrogen-bond acceptors (Lipinski definition) is 7. The fourth-order valence-electron chi connectivity index (χ4n) is 1.82. The van der Waals surface area contributed by atoms with E-state index in [1.165, 1.54) is 33.7 Å². The number of rotatable bonds is 3. The Kier molecular flexibility index (Phi) is 3.77. The molecule has 8 nitrogen and oxygen atoms in total. The third kappa shape index (κ3) is 2.78. The van der Waals surface area contributed by atoms with E-state index in [4.69, 9.17) is 0 Å². The second-order valence-corrected chi connectivity index (χ2v) is 6.13. The molecule has 0 aliphatic carbocycles. The van der Waals surface area contributed by atoms with E-state index in [9.17, 15) is 14.9 Å². The molecule has 0 saturated carbocycles. The molecule has 3 heterocycles. The highest BCUT2D eigenvalue weighted by molar-refractivity contribution is 8.18. The molecular weight excluding hydrogens is 326 g/mol. The number of amidine groups is 1. The largest absolute Gasteiger partial charge is 0.358 e. The van der Waals surface area contributed by atoms with Crippen molar-refractivity contribution in [2.45, 2.75) is 0 Å². The SMILES string of the molecule is Cn1c(/C=C2\SC(=Nc3nccs3)NC2=O)ccc1[N+](=O)[O-]. The summed E-state index contributed by atoms with van der Waals surface area (Å²) in [4.78, 5) is 30.9. The quantitative estimate of drug-likeness (QED) is 0.526. The molecule has 1 saturated heterocycles. The first-order valence-corrected chi connectivity index (χ1v) is 7.73. The fraction of sp³-hybridized carbons (Fsp3) is 0.0833. The summed E-state index contributed by atoms with van der Waals surface area (Å²) >= 11 is 2.54. The zero-order valence-corrected chi connectivity index (χ0v) is 12.8. The first kappa shape index (κ1) is 14.5. The van der Waals surface area contributed by atoms with Crippen LogP contribution in [0.15, 0.2) is 33.6 Å². The highest BCUT2D eigenvalue weighted by atomic mass is 32.2. The number of carbonyl (C=O) groups excluding carboxylic acids is 1. The molecule has 2 aromatic rings. The number of nitrogens with zero attached hydrogens (tertiary/aromatic N) is 4. The fourth-order valence-corrected chi connectivity index (χ4v) is 3.19. The Bertz CT molecular complexity index is 807. The van der Waals surface area contributed by atoms with Crippen LogP contribution in [0.2, 0.25) is 0 Å². The maximum absolute atomic E-state index is 11.9. The van der Waals surface area contributed by atoms with Crippen LogP contribution in [0.4, 0.5) is 10.9 Å². The summed E-state index contributed by atoms with van der Waals surface area (Å²) in [5.74, 6) is -0.323. The van der Waals surface area contributed by atoms with E-state index in [2.05, 4.69) is 15.3 Å². The van der Waals surface area contributed by atoms with E-state index < -0.39 is 4.92 Å². The number of nitrogens with one attached hydrogen (secondary N) is 1. The third-order valence-electron chi connectivity index (χ3n) is 2.87. The third-order valence-corrected chi connectivity index (χ3v) is 4.44. The molecule has 22 heavy (non-hydrogen) atoms. The van der Waals surface area contributed by atoms with E-state index in [1.54, 1.807) is 30.8 Å². The first-order chi connectivity index (χ1) is 10.5. The molecule has 112 valence electrons. The van der Waals surface area contributed by atoms with Crippen LogP contribution in [0.3, 0.4) is 0 Å². The summed E-state index contributed by atoms with van der Waals surface area (Å²) in [5, 5.41) is 16.2. The standard InChI is InChI=1S/C12H9N5O3S2/c1-16-7(2-3-9(16)17(19)20)6-8-10(18)14-12(22-8)15-11-13-4-5-21-11/h2-6H,1H3,(H,13,14,15,18)/b8-6-. The smallest absolute Gasteiger partial charge is 0.323 e. The number of aromatic nitrogens is 2. The Labute approximate surface area is 132 Å². The van der Waals surface area contributed by atoms with Crippen LogP contribution >= 0.6 is 23.1 Å². The van der Waals surface area contributed by atoms with Gasteiger partial charge in [-0.2, -0.15) is 4.99 Å². The van der Waals surface area contributed by atoms with Crippen LogP contribution in [0.5, 0.6) is 0 Å². The van der Waals surface area contributed by atoms with Crippen molar-refractivity contribution in [1.82, 2.24) is 14.9 Å². The average molecular weight is 335 g/mol. The molecule has 2 aromatic heterocycles. The lowest BCUT2D eigenvalue weighted by atomic mass is 10.3. The van der Waals surface area contributed by atoms with E-state index in [0.29, 0.717) is 20.9 Å². The molecule has 0 bridgehead atoms. The first-order valence-electron chi connectivity index (χ1n) is 6.04. The Hall–Kier alpha value is -2.46. The van der Waals surface area contributed by atoms with Gasteiger partial charge < -0.3 is 15.4 Å². The molecule has 10 heteroatoms. The van der Waals surface area contributed by atoms with Gasteiger partial charge in [0, 0.05) is 23.7 Å². The predicted octanol–water partition coefficient (Wildman–Crippen LogP) is 2.28. The Morgan fingerprint density at radius 1 is 1.50 bits per heavy atom. The molecular formula is C12H9N5O3S2. The molecule has 0 unspecified atom stereocenters. The summed E-state index contributed by atoms with van der Waals surface area (Å²) in [6.07, 6.45) is 3.22. The Balaban J connectivity index is 1.86. The van der Waals surface area contributed by atoms with Crippen LogP contribution < -0.4 is 5.32 Å². The highest BCUT2D eigenvalue weighted by Gasteiger charge is 2.25. The monoisotopic (exact) mass is 335 g/mol. The second kappa shape index (κ2) is 5.73. The molecule has 0 aromatic carbocycles. The van der Waals surface area contributed by atoms with E-state index in [0.717, 1.165) is 0 Å². The molecule has 3 rings (SSSR count). The van der Waals surface area contributed by atoms with E-state index >= 15 is 0 Å². The Morgan fingerprint density at radius 2 is 2.32 bits per heavy atom. The van der Waals surface area contributed by atoms with Crippen molar-refractivity contribution in [3.63, 3.8) is 0 Å². The van der Waals surface area contributed by atoms with Crippen LogP contribution in [-0.2, 0) is 11.8 Å². The number of carbonyl (C=O) groups is 1. The van der Waals surface area contributed by atoms with Gasteiger partial charge in [0.05, 0.1) is 12.0 Å². The minimum atomic E-state index is -0.473. The van der Waals surface area contributed by atoms with Gasteiger partial charge in [0.2, 0.25) is 5.13 Å². The van der Waals surface area contributed by atoms with E-state index in [-0.39, 0.29) is 11.7 Å². The van der Waals surface area contributed by atoms with Gasteiger partial charge >= 0.3 is 5.82 Å². The number of thioether (sulfide) groups is 1. The lowest BCUT2D eigenvalue weighted by Crippen LogP contribution is -2.19. The van der Waals surface area contributed by atoms with Crippen molar-refractivity contribution in [3.8, 4) is 0 Å². The molecule has 1 amide bonds. The lowest BCUT2D eigenvalue weighted by Gasteiger charge is -1.96. The number of hydrogen-bond donors (Lipinski definition) is 1. The van der Waals surface area contributed by atoms with Crippen LogP contribution in [0, 0.1) is 10.1 Å². The molecule has 0 atom stereocenters. The summed E-state index contributed by atoms with van der Waals surface area (Å²) < 4.78 is 1.41. The zero-order chi connectivity index (χ0) is 15.7. The summed E-state index contributed by atoms with van der Waals surface area (Å²) in [6.45, 7) is 0. The van der Waals surface area contributed by atoms with Gasteiger partial charge in [-0.25, -0.2) is 9.55 Å². The minimum absolute atomic E-state index is 0.0352. The number of aliphatic imine (C=N–C) groups is 1. The maximum Gasteiger partial charge on any atom is 0.323 e. The predicted molar refractivity (Wildman–Crippen MR) is 85.0 cm³/mol. The van der Waals surface area contributed by atoms with Gasteiger partial charge in [-0.1, -0.05) is 0 Å². The van der Waals surface area contributed by atoms with Crippen LogP contribution in [0.25, 0.3) is 6.08 Å². The molecule has 1 N–H and O–H groups in total. The summed E-state index contributed by atoms with van der Waals surface area (Å²) in [7, 11) is 1.58. The van der Waals surface area contributed by atoms with Gasteiger partial charge in [0.15, 0.2) is 5.17 Å². The highest BCUT2D eigenvalue weighted by Crippen LogP contribution is 2.29. The molecule has 1 fully saturated rings. The topological polar surface area (TPSA) is 102 Å². The minimum Gasteiger partial charge on any atom is -0.358 e.